The van der Waals surface area contributed by atoms with Gasteiger partial charge >= 0.3 is 15.3 Å². The van der Waals surface area contributed by atoms with Crippen molar-refractivity contribution in [2.75, 3.05) is 45.8 Å². The third-order valence-corrected chi connectivity index (χ3v) is 10.2. The molecule has 0 saturated carbocycles. The van der Waals surface area contributed by atoms with Crippen LogP contribution >= 0.6 is 15.3 Å². The molecule has 4 heterocycles. The van der Waals surface area contributed by atoms with E-state index in [0.29, 0.717) is 30.2 Å². The van der Waals surface area contributed by atoms with Crippen LogP contribution in [0.4, 0.5) is 0 Å². The monoisotopic (exact) mass is 477 g/mol. The number of carbonyl (C=O) groups is 1. The highest BCUT2D eigenvalue weighted by molar-refractivity contribution is 7.55. The molecule has 0 aliphatic carbocycles. The van der Waals surface area contributed by atoms with E-state index in [9.17, 15) is 13.9 Å². The lowest BCUT2D eigenvalue weighted by Gasteiger charge is -2.22. The average molecular weight is 477 g/mol. The lowest BCUT2D eigenvalue weighted by Crippen LogP contribution is -2.22. The molecule has 10 nitrogen and oxygen atoms in total. The number of aromatic nitrogens is 1. The molecular formula is C20H25N5O5P2. The van der Waals surface area contributed by atoms with Gasteiger partial charge in [0, 0.05) is 70.2 Å². The molecule has 3 aliphatic heterocycles. The van der Waals surface area contributed by atoms with Crippen molar-refractivity contribution in [3.63, 3.8) is 0 Å². The Balaban J connectivity index is 1.19. The molecule has 3 saturated heterocycles. The first kappa shape index (κ1) is 21.8. The van der Waals surface area contributed by atoms with Gasteiger partial charge in [-0.2, -0.15) is 0 Å². The molecule has 32 heavy (non-hydrogen) atoms. The molecule has 1 aromatic heterocycles. The molecule has 170 valence electrons. The largest absolute Gasteiger partial charge is 0.422 e. The van der Waals surface area contributed by atoms with E-state index in [1.807, 2.05) is 9.34 Å². The van der Waals surface area contributed by atoms with Crippen LogP contribution in [0, 0.1) is 0 Å². The van der Waals surface area contributed by atoms with Crippen molar-refractivity contribution in [3.05, 3.63) is 54.4 Å². The van der Waals surface area contributed by atoms with E-state index in [1.165, 1.54) is 6.20 Å². The Labute approximate surface area is 186 Å². The van der Waals surface area contributed by atoms with Gasteiger partial charge in [0.1, 0.15) is 11.5 Å². The van der Waals surface area contributed by atoms with Crippen LogP contribution in [0.5, 0.6) is 11.5 Å². The second-order valence-electron chi connectivity index (χ2n) is 7.85. The van der Waals surface area contributed by atoms with Crippen LogP contribution in [-0.4, -0.2) is 70.6 Å². The predicted molar refractivity (Wildman–Crippen MR) is 119 cm³/mol. The van der Waals surface area contributed by atoms with Crippen molar-refractivity contribution in [2.24, 2.45) is 0 Å². The third-order valence-electron chi connectivity index (χ3n) is 5.28. The normalized spacial score (nSPS) is 20.4. The fraction of sp³-hybridized carbons (Fsp3) is 0.400. The summed E-state index contributed by atoms with van der Waals surface area (Å²) in [4.78, 5) is 16.2. The van der Waals surface area contributed by atoms with Gasteiger partial charge < -0.3 is 9.05 Å². The molecule has 2 aromatic rings. The topological polar surface area (TPSA) is 104 Å². The molecule has 1 atom stereocenters. The summed E-state index contributed by atoms with van der Waals surface area (Å²) in [6, 6.07) is 10.1. The smallest absolute Gasteiger partial charge is 0.395 e. The number of benzene rings is 1. The van der Waals surface area contributed by atoms with Crippen LogP contribution in [0.3, 0.4) is 0 Å². The zero-order chi connectivity index (χ0) is 22.2. The quantitative estimate of drug-likeness (QED) is 0.279. The Bertz CT molecular complexity index is 1060. The summed E-state index contributed by atoms with van der Waals surface area (Å²) in [7, 11) is -6.27. The Morgan fingerprint density at radius 1 is 0.906 bits per heavy atom. The summed E-state index contributed by atoms with van der Waals surface area (Å²) in [6.07, 6.45) is 3.31. The van der Waals surface area contributed by atoms with Crippen LogP contribution in [-0.2, 0) is 9.13 Å². The first-order valence-corrected chi connectivity index (χ1v) is 13.7. The molecule has 3 aliphatic rings. The van der Waals surface area contributed by atoms with Gasteiger partial charge in [-0.25, -0.2) is 28.2 Å². The van der Waals surface area contributed by atoms with Gasteiger partial charge in [0.05, 0.1) is 0 Å². The van der Waals surface area contributed by atoms with Crippen molar-refractivity contribution in [2.45, 2.75) is 6.42 Å². The maximum absolute atomic E-state index is 13.4. The van der Waals surface area contributed by atoms with Gasteiger partial charge in [-0.3, -0.25) is 9.78 Å². The zero-order valence-corrected chi connectivity index (χ0v) is 19.3. The Kier molecular flexibility index (Phi) is 5.92. The van der Waals surface area contributed by atoms with E-state index in [2.05, 4.69) is 10.1 Å². The highest BCUT2D eigenvalue weighted by Crippen LogP contribution is 2.60. The molecule has 5 rings (SSSR count). The standard InChI is InChI=1S/C20H25N5O5P2/c26-20(17-2-1-8-21-16-17)7-9-22-31(27,23-10-11-23)29-18-3-5-19(6-4-18)30-32(28,24-12-13-24)25-14-15-25/h1-6,8,16H,7,9-15H2,(H,22,27). The number of pyridine rings is 1. The summed E-state index contributed by atoms with van der Waals surface area (Å²) < 4.78 is 43.5. The molecule has 0 radical (unpaired) electrons. The Hall–Kier alpha value is -2.06. The van der Waals surface area contributed by atoms with Crippen molar-refractivity contribution >= 4 is 21.1 Å². The SMILES string of the molecule is O=C(CCNP(=O)(Oc1ccc(OP(=O)(N2CC2)N2CC2)cc1)N1CC1)c1cccnc1. The number of ketones is 1. The molecule has 1 N–H and O–H groups in total. The highest BCUT2D eigenvalue weighted by atomic mass is 31.2. The van der Waals surface area contributed by atoms with Gasteiger partial charge in [0.2, 0.25) is 0 Å². The number of nitrogens with one attached hydrogen (secondary N) is 1. The number of carbonyl (C=O) groups excluding carboxylic acids is 1. The number of nitrogens with zero attached hydrogens (tertiary/aromatic N) is 4. The van der Waals surface area contributed by atoms with Crippen LogP contribution in [0.2, 0.25) is 0 Å². The lowest BCUT2D eigenvalue weighted by atomic mass is 10.1. The van der Waals surface area contributed by atoms with E-state index < -0.39 is 15.3 Å². The summed E-state index contributed by atoms with van der Waals surface area (Å²) >= 11 is 0. The van der Waals surface area contributed by atoms with E-state index in [-0.39, 0.29) is 18.7 Å². The van der Waals surface area contributed by atoms with Gasteiger partial charge in [-0.15, -0.1) is 0 Å². The summed E-state index contributed by atoms with van der Waals surface area (Å²) in [5.41, 5.74) is 0.523. The second kappa shape index (κ2) is 8.71. The summed E-state index contributed by atoms with van der Waals surface area (Å²) in [6.45, 7) is 4.67. The first-order valence-electron chi connectivity index (χ1n) is 10.6. The average Bonchev–Trinajstić information content (AvgIpc) is 3.67. The minimum Gasteiger partial charge on any atom is -0.422 e. The van der Waals surface area contributed by atoms with Crippen LogP contribution < -0.4 is 14.1 Å². The predicted octanol–water partition coefficient (Wildman–Crippen LogP) is 2.86. The zero-order valence-electron chi connectivity index (χ0n) is 17.5. The molecule has 3 fully saturated rings. The van der Waals surface area contributed by atoms with Crippen LogP contribution in [0.15, 0.2) is 48.8 Å². The van der Waals surface area contributed by atoms with Crippen molar-refractivity contribution in [1.29, 1.82) is 0 Å². The number of rotatable bonds is 12. The molecule has 1 unspecified atom stereocenters. The van der Waals surface area contributed by atoms with Gasteiger partial charge in [0.25, 0.3) is 0 Å². The molecule has 1 aromatic carbocycles. The second-order valence-corrected chi connectivity index (χ2v) is 12.2. The summed E-state index contributed by atoms with van der Waals surface area (Å²) in [5, 5.41) is 2.94. The van der Waals surface area contributed by atoms with Gasteiger partial charge in [-0.05, 0) is 36.4 Å². The lowest BCUT2D eigenvalue weighted by molar-refractivity contribution is 0.0984. The van der Waals surface area contributed by atoms with E-state index in [0.717, 1.165) is 26.2 Å². The minimum atomic E-state index is -3.31. The fourth-order valence-electron chi connectivity index (χ4n) is 3.21. The van der Waals surface area contributed by atoms with Crippen molar-refractivity contribution in [3.8, 4) is 11.5 Å². The fourth-order valence-corrected chi connectivity index (χ4v) is 7.18. The molecule has 0 amide bonds. The number of hydrogen-bond acceptors (Lipinski definition) is 6. The molecule has 0 bridgehead atoms. The first-order chi connectivity index (χ1) is 15.5. The number of hydrogen-bond donors (Lipinski definition) is 1. The maximum atomic E-state index is 13.4. The highest BCUT2D eigenvalue weighted by Gasteiger charge is 2.50. The van der Waals surface area contributed by atoms with E-state index in [4.69, 9.17) is 9.05 Å². The third kappa shape index (κ3) is 4.96. The molecule has 12 heteroatoms. The Morgan fingerprint density at radius 2 is 1.50 bits per heavy atom. The van der Waals surface area contributed by atoms with Gasteiger partial charge in [-0.1, -0.05) is 0 Å². The van der Waals surface area contributed by atoms with Crippen molar-refractivity contribution < 1.29 is 23.0 Å². The van der Waals surface area contributed by atoms with Crippen molar-refractivity contribution in [1.82, 2.24) is 24.1 Å². The number of Topliss-reactive ketones (excluding diaryl/α,β-unsaturated/α-hetero) is 1. The van der Waals surface area contributed by atoms with Crippen LogP contribution in [0.25, 0.3) is 0 Å². The Morgan fingerprint density at radius 3 is 2.03 bits per heavy atom. The van der Waals surface area contributed by atoms with Crippen LogP contribution in [0.1, 0.15) is 16.8 Å². The summed E-state index contributed by atoms with van der Waals surface area (Å²) in [5.74, 6) is 0.815. The molecular weight excluding hydrogens is 452 g/mol. The van der Waals surface area contributed by atoms with Gasteiger partial charge in [0.15, 0.2) is 5.78 Å². The maximum Gasteiger partial charge on any atom is 0.395 e. The minimum absolute atomic E-state index is 0.0771. The van der Waals surface area contributed by atoms with E-state index >= 15 is 0 Å². The molecule has 0 spiro atoms. The van der Waals surface area contributed by atoms with E-state index in [1.54, 1.807) is 47.3 Å².